The number of aromatic nitrogens is 2. The number of hydrogen-bond acceptors (Lipinski definition) is 6. The van der Waals surface area contributed by atoms with Crippen molar-refractivity contribution in [1.29, 1.82) is 0 Å². The number of ether oxygens (including phenoxy) is 1. The second-order valence-electron chi connectivity index (χ2n) is 3.63. The van der Waals surface area contributed by atoms with E-state index < -0.39 is 12.1 Å². The quantitative estimate of drug-likeness (QED) is 0.809. The molecule has 1 amide bonds. The highest BCUT2D eigenvalue weighted by atomic mass is 32.1. The molecule has 1 aliphatic heterocycles. The van der Waals surface area contributed by atoms with Crippen LogP contribution in [0.5, 0.6) is 0 Å². The number of carbonyl (C=O) groups is 2. The van der Waals surface area contributed by atoms with Gasteiger partial charge in [0.05, 0.1) is 37.1 Å². The van der Waals surface area contributed by atoms with Crippen LogP contribution in [-0.2, 0) is 9.53 Å². The molecule has 0 saturated carbocycles. The lowest BCUT2D eigenvalue weighted by Gasteiger charge is -2.31. The molecule has 0 radical (unpaired) electrons. The maximum atomic E-state index is 11.9. The van der Waals surface area contributed by atoms with Crippen LogP contribution in [-0.4, -0.2) is 56.4 Å². The number of rotatable bonds is 3. The van der Waals surface area contributed by atoms with Crippen LogP contribution in [0, 0.1) is 0 Å². The van der Waals surface area contributed by atoms with Gasteiger partial charge in [-0.25, -0.2) is 0 Å². The summed E-state index contributed by atoms with van der Waals surface area (Å²) in [5.41, 5.74) is 0.297. The van der Waals surface area contributed by atoms with Crippen molar-refractivity contribution < 1.29 is 19.4 Å². The van der Waals surface area contributed by atoms with Gasteiger partial charge in [-0.1, -0.05) is 0 Å². The molecule has 17 heavy (non-hydrogen) atoms. The van der Waals surface area contributed by atoms with Gasteiger partial charge in [-0.15, -0.1) is 0 Å². The van der Waals surface area contributed by atoms with Gasteiger partial charge in [0.1, 0.15) is 0 Å². The van der Waals surface area contributed by atoms with Crippen molar-refractivity contribution in [3.63, 3.8) is 0 Å². The number of nitrogens with zero attached hydrogens (tertiary/aromatic N) is 3. The predicted octanol–water partition coefficient (Wildman–Crippen LogP) is -0.146. The van der Waals surface area contributed by atoms with Crippen molar-refractivity contribution in [2.24, 2.45) is 0 Å². The van der Waals surface area contributed by atoms with Gasteiger partial charge in [0.2, 0.25) is 0 Å². The lowest BCUT2D eigenvalue weighted by molar-refractivity contribution is -0.141. The summed E-state index contributed by atoms with van der Waals surface area (Å²) in [5, 5.41) is 8.67. The van der Waals surface area contributed by atoms with Crippen LogP contribution in [0.3, 0.4) is 0 Å². The first-order chi connectivity index (χ1) is 8.16. The largest absolute Gasteiger partial charge is 0.481 e. The lowest BCUT2D eigenvalue weighted by atomic mass is 10.2. The first-order valence-corrected chi connectivity index (χ1v) is 5.80. The molecule has 1 fully saturated rings. The molecule has 1 atom stereocenters. The number of hydrogen-bond donors (Lipinski definition) is 1. The number of carboxylic acids is 1. The minimum Gasteiger partial charge on any atom is -0.481 e. The van der Waals surface area contributed by atoms with Gasteiger partial charge in [-0.2, -0.15) is 8.75 Å². The summed E-state index contributed by atoms with van der Waals surface area (Å²) >= 11 is 0.970. The molecular weight excluding hydrogens is 246 g/mol. The maximum Gasteiger partial charge on any atom is 0.306 e. The molecule has 0 bridgehead atoms. The van der Waals surface area contributed by atoms with E-state index in [1.807, 2.05) is 0 Å². The highest BCUT2D eigenvalue weighted by molar-refractivity contribution is 6.99. The molecule has 1 aromatic rings. The van der Waals surface area contributed by atoms with Crippen LogP contribution >= 0.6 is 11.7 Å². The molecule has 2 heterocycles. The van der Waals surface area contributed by atoms with Crippen molar-refractivity contribution in [2.45, 2.75) is 12.5 Å². The van der Waals surface area contributed by atoms with E-state index in [-0.39, 0.29) is 18.9 Å². The van der Waals surface area contributed by atoms with Gasteiger partial charge >= 0.3 is 5.97 Å². The fraction of sp³-hybridized carbons (Fsp3) is 0.556. The molecule has 1 N–H and O–H groups in total. The highest BCUT2D eigenvalue weighted by Crippen LogP contribution is 2.11. The molecule has 1 aromatic heterocycles. The fourth-order valence-electron chi connectivity index (χ4n) is 1.64. The monoisotopic (exact) mass is 257 g/mol. The van der Waals surface area contributed by atoms with E-state index in [0.717, 1.165) is 11.7 Å². The normalized spacial score (nSPS) is 20.2. The third-order valence-electron chi connectivity index (χ3n) is 2.41. The molecule has 8 heteroatoms. The average molecular weight is 257 g/mol. The molecule has 1 unspecified atom stereocenters. The second-order valence-corrected chi connectivity index (χ2v) is 4.19. The molecular formula is C9H11N3O4S. The molecule has 0 aromatic carbocycles. The Morgan fingerprint density at radius 2 is 2.47 bits per heavy atom. The number of amides is 1. The summed E-state index contributed by atoms with van der Waals surface area (Å²) in [5.74, 6) is -1.16. The Hall–Kier alpha value is -1.54. The van der Waals surface area contributed by atoms with Gasteiger partial charge in [-0.3, -0.25) is 9.59 Å². The van der Waals surface area contributed by atoms with Crippen molar-refractivity contribution >= 4 is 23.6 Å². The van der Waals surface area contributed by atoms with Gasteiger partial charge in [0.15, 0.2) is 5.69 Å². The standard InChI is InChI=1S/C9H11N3O4S/c13-8(14)3-6-5-12(1-2-16-6)9(15)7-4-10-17-11-7/h4,6H,1-3,5H2,(H,13,14). The van der Waals surface area contributed by atoms with Crippen LogP contribution in [0.4, 0.5) is 0 Å². The Labute approximate surface area is 101 Å². The van der Waals surface area contributed by atoms with E-state index >= 15 is 0 Å². The highest BCUT2D eigenvalue weighted by Gasteiger charge is 2.27. The Morgan fingerprint density at radius 3 is 3.12 bits per heavy atom. The van der Waals surface area contributed by atoms with Gasteiger partial charge in [0.25, 0.3) is 5.91 Å². The molecule has 2 rings (SSSR count). The van der Waals surface area contributed by atoms with Crippen molar-refractivity contribution in [3.8, 4) is 0 Å². The van der Waals surface area contributed by atoms with E-state index in [1.165, 1.54) is 6.20 Å². The predicted molar refractivity (Wildman–Crippen MR) is 57.8 cm³/mol. The van der Waals surface area contributed by atoms with E-state index in [2.05, 4.69) is 8.75 Å². The van der Waals surface area contributed by atoms with Crippen molar-refractivity contribution in [1.82, 2.24) is 13.6 Å². The van der Waals surface area contributed by atoms with Gasteiger partial charge in [0, 0.05) is 13.1 Å². The van der Waals surface area contributed by atoms with E-state index in [0.29, 0.717) is 18.8 Å². The fourth-order valence-corrected chi connectivity index (χ4v) is 2.05. The van der Waals surface area contributed by atoms with E-state index in [4.69, 9.17) is 9.84 Å². The Balaban J connectivity index is 1.97. The summed E-state index contributed by atoms with van der Waals surface area (Å²) < 4.78 is 12.9. The molecule has 1 saturated heterocycles. The molecule has 0 aliphatic carbocycles. The van der Waals surface area contributed by atoms with Crippen LogP contribution in [0.15, 0.2) is 6.20 Å². The number of morpholine rings is 1. The minimum atomic E-state index is -0.931. The lowest BCUT2D eigenvalue weighted by Crippen LogP contribution is -2.46. The molecule has 0 spiro atoms. The van der Waals surface area contributed by atoms with E-state index in [9.17, 15) is 9.59 Å². The summed E-state index contributed by atoms with van der Waals surface area (Å²) in [6.07, 6.45) is 0.866. The SMILES string of the molecule is O=C(O)CC1CN(C(=O)c2cnsn2)CCO1. The average Bonchev–Trinajstić information content (AvgIpc) is 2.81. The summed E-state index contributed by atoms with van der Waals surface area (Å²) in [6.45, 7) is 1.08. The Morgan fingerprint density at radius 1 is 1.65 bits per heavy atom. The first-order valence-electron chi connectivity index (χ1n) is 5.07. The summed E-state index contributed by atoms with van der Waals surface area (Å²) in [6, 6.07) is 0. The van der Waals surface area contributed by atoms with Crippen LogP contribution < -0.4 is 0 Å². The molecule has 92 valence electrons. The van der Waals surface area contributed by atoms with Crippen LogP contribution in [0.1, 0.15) is 16.9 Å². The van der Waals surface area contributed by atoms with Crippen LogP contribution in [0.2, 0.25) is 0 Å². The van der Waals surface area contributed by atoms with Gasteiger partial charge < -0.3 is 14.7 Å². The third-order valence-corrected chi connectivity index (χ3v) is 2.89. The van der Waals surface area contributed by atoms with Crippen molar-refractivity contribution in [2.75, 3.05) is 19.7 Å². The zero-order valence-electron chi connectivity index (χ0n) is 8.90. The topological polar surface area (TPSA) is 92.6 Å². The smallest absolute Gasteiger partial charge is 0.306 e. The zero-order valence-corrected chi connectivity index (χ0v) is 9.72. The van der Waals surface area contributed by atoms with Gasteiger partial charge in [-0.05, 0) is 0 Å². The Kier molecular flexibility index (Phi) is 3.64. The summed E-state index contributed by atoms with van der Waals surface area (Å²) in [4.78, 5) is 24.0. The third kappa shape index (κ3) is 2.98. The second kappa shape index (κ2) is 5.19. The molecule has 7 nitrogen and oxygen atoms in total. The first kappa shape index (κ1) is 11.9. The number of carboxylic acid groups (broad SMARTS) is 1. The zero-order chi connectivity index (χ0) is 12.3. The number of carbonyl (C=O) groups excluding carboxylic acids is 1. The summed E-state index contributed by atoms with van der Waals surface area (Å²) in [7, 11) is 0. The Bertz CT molecular complexity index is 408. The van der Waals surface area contributed by atoms with Crippen LogP contribution in [0.25, 0.3) is 0 Å². The number of aliphatic carboxylic acids is 1. The van der Waals surface area contributed by atoms with E-state index in [1.54, 1.807) is 4.90 Å². The molecule has 1 aliphatic rings. The minimum absolute atomic E-state index is 0.0981. The van der Waals surface area contributed by atoms with Crippen molar-refractivity contribution in [3.05, 3.63) is 11.9 Å². The maximum absolute atomic E-state index is 11.9.